The van der Waals surface area contributed by atoms with E-state index in [-0.39, 0.29) is 17.7 Å². The number of esters is 1. The number of carbonyl (C=O) groups is 3. The molecular weight excluding hydrogens is 438 g/mol. The van der Waals surface area contributed by atoms with Gasteiger partial charge in [0, 0.05) is 10.9 Å². The summed E-state index contributed by atoms with van der Waals surface area (Å²) in [5, 5.41) is 17.0. The van der Waals surface area contributed by atoms with E-state index in [2.05, 4.69) is 5.32 Å². The Morgan fingerprint density at radius 1 is 0.939 bits per heavy atom. The highest BCUT2D eigenvalue weighted by molar-refractivity contribution is 7.15. The molecule has 0 aliphatic heterocycles. The fourth-order valence-corrected chi connectivity index (χ4v) is 6.74. The van der Waals surface area contributed by atoms with Crippen LogP contribution in [0.4, 0.5) is 5.00 Å². The highest BCUT2D eigenvalue weighted by Gasteiger charge is 2.50. The molecule has 1 heterocycles. The lowest BCUT2D eigenvalue weighted by molar-refractivity contribution is -0.156. The van der Waals surface area contributed by atoms with Crippen molar-refractivity contribution in [2.24, 2.45) is 23.7 Å². The number of ether oxygens (including phenoxy) is 1. The highest BCUT2D eigenvalue weighted by Crippen LogP contribution is 2.50. The highest BCUT2D eigenvalue weighted by atomic mass is 32.1. The third kappa shape index (κ3) is 3.70. The predicted octanol–water partition coefficient (Wildman–Crippen LogP) is 5.43. The van der Waals surface area contributed by atoms with Gasteiger partial charge in [-0.15, -0.1) is 11.3 Å². The topological polar surface area (TPSA) is 92.7 Å². The van der Waals surface area contributed by atoms with Gasteiger partial charge in [0.2, 0.25) is 5.91 Å². The molecule has 0 saturated heterocycles. The molecule has 6 rings (SSSR count). The third-order valence-electron chi connectivity index (χ3n) is 7.30. The van der Waals surface area contributed by atoms with E-state index in [1.165, 1.54) is 18.4 Å². The van der Waals surface area contributed by atoms with Crippen LogP contribution in [0.3, 0.4) is 0 Å². The standard InChI is InChI=1S/C26H25NO5S/c1-32-26(31)22-19(18-8-4-6-14-5-2-3-7-17(14)18)13-33-24(22)27-23(28)20-15-9-11-16(12-10-15)21(20)25(29)30/h2-8,13,15-16,20-21H,9-12H2,1H3,(H,27,28)(H,29,30)/t15?,16?,20-,21+/m1/s1. The maximum absolute atomic E-state index is 13.4. The number of amides is 1. The van der Waals surface area contributed by atoms with Gasteiger partial charge < -0.3 is 15.2 Å². The molecule has 0 unspecified atom stereocenters. The minimum absolute atomic E-state index is 0.0397. The molecule has 0 radical (unpaired) electrons. The predicted molar refractivity (Wildman–Crippen MR) is 127 cm³/mol. The number of methoxy groups -OCH3 is 1. The molecule has 3 aliphatic rings. The third-order valence-corrected chi connectivity index (χ3v) is 8.20. The molecule has 1 amide bonds. The number of fused-ring (bicyclic) bond motifs is 4. The zero-order valence-corrected chi connectivity index (χ0v) is 19.1. The van der Waals surface area contributed by atoms with Crippen molar-refractivity contribution < 1.29 is 24.2 Å². The molecular formula is C26H25NO5S. The van der Waals surface area contributed by atoms with Crippen molar-refractivity contribution in [1.82, 2.24) is 0 Å². The summed E-state index contributed by atoms with van der Waals surface area (Å²) in [6.45, 7) is 0. The summed E-state index contributed by atoms with van der Waals surface area (Å²) < 4.78 is 5.07. The molecule has 3 aliphatic carbocycles. The lowest BCUT2D eigenvalue weighted by atomic mass is 9.58. The molecule has 170 valence electrons. The van der Waals surface area contributed by atoms with Crippen LogP contribution in [0.25, 0.3) is 21.9 Å². The molecule has 3 saturated carbocycles. The first kappa shape index (κ1) is 21.6. The Bertz CT molecular complexity index is 1240. The molecule has 33 heavy (non-hydrogen) atoms. The Morgan fingerprint density at radius 2 is 1.61 bits per heavy atom. The van der Waals surface area contributed by atoms with Gasteiger partial charge in [-0.2, -0.15) is 0 Å². The molecule has 2 atom stereocenters. The first-order valence-corrected chi connectivity index (χ1v) is 12.1. The number of aliphatic carboxylic acids is 1. The van der Waals surface area contributed by atoms with Crippen LogP contribution in [0.15, 0.2) is 47.8 Å². The van der Waals surface area contributed by atoms with E-state index in [0.717, 1.165) is 42.0 Å². The van der Waals surface area contributed by atoms with E-state index in [4.69, 9.17) is 4.74 Å². The largest absolute Gasteiger partial charge is 0.481 e. The summed E-state index contributed by atoms with van der Waals surface area (Å²) in [6, 6.07) is 13.8. The van der Waals surface area contributed by atoms with Gasteiger partial charge in [0.05, 0.1) is 18.9 Å². The number of nitrogens with one attached hydrogen (secondary N) is 1. The smallest absolute Gasteiger partial charge is 0.341 e. The minimum Gasteiger partial charge on any atom is -0.481 e. The minimum atomic E-state index is -0.902. The number of hydrogen-bond donors (Lipinski definition) is 2. The molecule has 3 aromatic rings. The Hall–Kier alpha value is -3.19. The van der Waals surface area contributed by atoms with Gasteiger partial charge in [0.1, 0.15) is 10.6 Å². The molecule has 6 nitrogen and oxygen atoms in total. The lowest BCUT2D eigenvalue weighted by Gasteiger charge is -2.45. The van der Waals surface area contributed by atoms with E-state index in [1.54, 1.807) is 0 Å². The number of anilines is 1. The SMILES string of the molecule is COC(=O)c1c(-c2cccc3ccccc23)csc1NC(=O)[C@@H]1C2CCC(CC2)[C@@H]1C(=O)O. The maximum Gasteiger partial charge on any atom is 0.341 e. The summed E-state index contributed by atoms with van der Waals surface area (Å²) >= 11 is 1.27. The molecule has 7 heteroatoms. The molecule has 0 spiro atoms. The summed E-state index contributed by atoms with van der Waals surface area (Å²) in [7, 11) is 1.32. The fraction of sp³-hybridized carbons (Fsp3) is 0.346. The van der Waals surface area contributed by atoms with E-state index in [0.29, 0.717) is 16.1 Å². The normalized spacial score (nSPS) is 23.9. The number of rotatable bonds is 5. The van der Waals surface area contributed by atoms with Gasteiger partial charge in [0.15, 0.2) is 0 Å². The van der Waals surface area contributed by atoms with E-state index in [9.17, 15) is 19.5 Å². The Morgan fingerprint density at radius 3 is 2.30 bits per heavy atom. The quantitative estimate of drug-likeness (QED) is 0.492. The number of thiophene rings is 1. The Kier molecular flexibility index (Phi) is 5.66. The second-order valence-corrected chi connectivity index (χ2v) is 9.81. The van der Waals surface area contributed by atoms with Gasteiger partial charge in [0.25, 0.3) is 0 Å². The first-order valence-electron chi connectivity index (χ1n) is 11.2. The van der Waals surface area contributed by atoms with Crippen molar-refractivity contribution in [3.05, 3.63) is 53.4 Å². The van der Waals surface area contributed by atoms with Crippen LogP contribution in [0, 0.1) is 23.7 Å². The van der Waals surface area contributed by atoms with Crippen LogP contribution >= 0.6 is 11.3 Å². The Labute approximate surface area is 195 Å². The fourth-order valence-electron chi connectivity index (χ4n) is 5.79. The molecule has 2 N–H and O–H groups in total. The van der Waals surface area contributed by atoms with Crippen molar-refractivity contribution in [3.8, 4) is 11.1 Å². The van der Waals surface area contributed by atoms with Crippen molar-refractivity contribution in [2.75, 3.05) is 12.4 Å². The van der Waals surface area contributed by atoms with Crippen LogP contribution in [0.5, 0.6) is 0 Å². The van der Waals surface area contributed by atoms with Gasteiger partial charge in [-0.05, 0) is 53.9 Å². The summed E-state index contributed by atoms with van der Waals surface area (Å²) in [4.78, 5) is 38.2. The number of carboxylic acid groups (broad SMARTS) is 1. The monoisotopic (exact) mass is 463 g/mol. The second-order valence-electron chi connectivity index (χ2n) is 8.93. The van der Waals surface area contributed by atoms with E-state index in [1.807, 2.05) is 47.8 Å². The molecule has 2 bridgehead atoms. The second kappa shape index (κ2) is 8.63. The van der Waals surface area contributed by atoms with Crippen LogP contribution in [-0.2, 0) is 14.3 Å². The van der Waals surface area contributed by atoms with Crippen LogP contribution in [0.2, 0.25) is 0 Å². The molecule has 3 fully saturated rings. The van der Waals surface area contributed by atoms with Crippen LogP contribution < -0.4 is 5.32 Å². The van der Waals surface area contributed by atoms with Gasteiger partial charge in [-0.25, -0.2) is 4.79 Å². The zero-order chi connectivity index (χ0) is 23.1. The number of hydrogen-bond acceptors (Lipinski definition) is 5. The lowest BCUT2D eigenvalue weighted by Crippen LogP contribution is -2.49. The van der Waals surface area contributed by atoms with Crippen molar-refractivity contribution in [3.63, 3.8) is 0 Å². The number of carbonyl (C=O) groups excluding carboxylic acids is 2. The Balaban J connectivity index is 1.53. The van der Waals surface area contributed by atoms with Gasteiger partial charge in [-0.3, -0.25) is 9.59 Å². The zero-order valence-electron chi connectivity index (χ0n) is 18.2. The van der Waals surface area contributed by atoms with Crippen LogP contribution in [-0.4, -0.2) is 30.1 Å². The molecule has 2 aromatic carbocycles. The summed E-state index contributed by atoms with van der Waals surface area (Å²) in [5.74, 6) is -2.89. The van der Waals surface area contributed by atoms with E-state index >= 15 is 0 Å². The average Bonchev–Trinajstić information content (AvgIpc) is 3.26. The van der Waals surface area contributed by atoms with Crippen molar-refractivity contribution in [2.45, 2.75) is 25.7 Å². The maximum atomic E-state index is 13.4. The molecule has 1 aromatic heterocycles. The van der Waals surface area contributed by atoms with E-state index < -0.39 is 23.8 Å². The van der Waals surface area contributed by atoms with Crippen LogP contribution in [0.1, 0.15) is 36.0 Å². The summed E-state index contributed by atoms with van der Waals surface area (Å²) in [5.41, 5.74) is 1.88. The first-order chi connectivity index (χ1) is 16.0. The van der Waals surface area contributed by atoms with Gasteiger partial charge in [-0.1, -0.05) is 42.5 Å². The van der Waals surface area contributed by atoms with Gasteiger partial charge >= 0.3 is 11.9 Å². The van der Waals surface area contributed by atoms with Crippen molar-refractivity contribution >= 4 is 45.0 Å². The average molecular weight is 464 g/mol. The number of carboxylic acids is 1. The van der Waals surface area contributed by atoms with Crippen molar-refractivity contribution in [1.29, 1.82) is 0 Å². The summed E-state index contributed by atoms with van der Waals surface area (Å²) in [6.07, 6.45) is 3.48. The number of benzene rings is 2.